The molecule has 4 heteroatoms. The van der Waals surface area contributed by atoms with Crippen LogP contribution in [0.3, 0.4) is 0 Å². The minimum absolute atomic E-state index is 0.215. The van der Waals surface area contributed by atoms with Gasteiger partial charge in [0, 0.05) is 16.7 Å². The Kier molecular flexibility index (Phi) is 4.93. The van der Waals surface area contributed by atoms with Crippen LogP contribution in [-0.2, 0) is 0 Å². The maximum Gasteiger partial charge on any atom is 0.0912 e. The van der Waals surface area contributed by atoms with Crippen LogP contribution in [0.1, 0.15) is 25.5 Å². The molecule has 0 aliphatic rings. The van der Waals surface area contributed by atoms with Crippen LogP contribution < -0.4 is 5.73 Å². The summed E-state index contributed by atoms with van der Waals surface area (Å²) in [7, 11) is 0. The molecular formula is C11H16ClNOS. The van der Waals surface area contributed by atoms with Crippen LogP contribution in [0.5, 0.6) is 0 Å². The summed E-state index contributed by atoms with van der Waals surface area (Å²) in [4.78, 5) is 1.04. The normalized spacial score (nSPS) is 13.2. The number of aliphatic hydroxyl groups is 1. The van der Waals surface area contributed by atoms with Gasteiger partial charge in [-0.15, -0.1) is 11.8 Å². The van der Waals surface area contributed by atoms with Crippen molar-refractivity contribution in [1.82, 2.24) is 0 Å². The van der Waals surface area contributed by atoms with E-state index in [0.717, 1.165) is 10.5 Å². The van der Waals surface area contributed by atoms with Crippen LogP contribution in [0.2, 0.25) is 5.02 Å². The van der Waals surface area contributed by atoms with E-state index in [4.69, 9.17) is 17.3 Å². The first-order chi connectivity index (χ1) is 7.04. The molecule has 1 aromatic carbocycles. The van der Waals surface area contributed by atoms with Crippen molar-refractivity contribution in [3.8, 4) is 0 Å². The Morgan fingerprint density at radius 3 is 2.60 bits per heavy atom. The van der Waals surface area contributed by atoms with Gasteiger partial charge in [0.25, 0.3) is 0 Å². The fraction of sp³-hybridized carbons (Fsp3) is 0.455. The van der Waals surface area contributed by atoms with Gasteiger partial charge in [-0.3, -0.25) is 0 Å². The van der Waals surface area contributed by atoms with E-state index in [2.05, 4.69) is 13.8 Å². The van der Waals surface area contributed by atoms with E-state index in [1.54, 1.807) is 17.8 Å². The summed E-state index contributed by atoms with van der Waals surface area (Å²) in [6.45, 7) is 4.44. The van der Waals surface area contributed by atoms with E-state index in [1.807, 2.05) is 12.1 Å². The molecule has 0 aliphatic heterocycles. The highest BCUT2D eigenvalue weighted by Crippen LogP contribution is 2.31. The van der Waals surface area contributed by atoms with Gasteiger partial charge in [-0.05, 0) is 17.7 Å². The number of aliphatic hydroxyl groups excluding tert-OH is 1. The first kappa shape index (κ1) is 12.8. The molecule has 0 radical (unpaired) electrons. The van der Waals surface area contributed by atoms with Crippen LogP contribution in [-0.4, -0.2) is 16.9 Å². The predicted molar refractivity (Wildman–Crippen MR) is 66.5 cm³/mol. The standard InChI is InChI=1S/C11H16ClNOS/c1-7(2)15-11-4-3-8(5-9(11)12)10(14)6-13/h3-5,7,10,14H,6,13H2,1-2H3. The highest BCUT2D eigenvalue weighted by atomic mass is 35.5. The lowest BCUT2D eigenvalue weighted by Crippen LogP contribution is -2.11. The number of halogens is 1. The number of hydrogen-bond donors (Lipinski definition) is 2. The Hall–Kier alpha value is -0.220. The maximum absolute atomic E-state index is 9.54. The molecule has 15 heavy (non-hydrogen) atoms. The van der Waals surface area contributed by atoms with E-state index in [-0.39, 0.29) is 6.54 Å². The minimum atomic E-state index is -0.624. The molecule has 0 spiro atoms. The van der Waals surface area contributed by atoms with Crippen molar-refractivity contribution >= 4 is 23.4 Å². The molecule has 3 N–H and O–H groups in total. The van der Waals surface area contributed by atoms with Gasteiger partial charge in [0.15, 0.2) is 0 Å². The zero-order chi connectivity index (χ0) is 11.4. The minimum Gasteiger partial charge on any atom is -0.387 e. The second-order valence-corrected chi connectivity index (χ2v) is 5.63. The molecule has 0 aliphatic carbocycles. The van der Waals surface area contributed by atoms with E-state index < -0.39 is 6.10 Å². The molecule has 84 valence electrons. The van der Waals surface area contributed by atoms with Crippen LogP contribution in [0.4, 0.5) is 0 Å². The van der Waals surface area contributed by atoms with E-state index in [9.17, 15) is 5.11 Å². The first-order valence-electron chi connectivity index (χ1n) is 4.88. The number of rotatable bonds is 4. The zero-order valence-corrected chi connectivity index (χ0v) is 10.5. The SMILES string of the molecule is CC(C)Sc1ccc(C(O)CN)cc1Cl. The molecule has 1 unspecified atom stereocenters. The summed E-state index contributed by atoms with van der Waals surface area (Å²) in [6.07, 6.45) is -0.624. The molecule has 0 heterocycles. The third-order valence-corrected chi connectivity index (χ3v) is 3.43. The molecule has 0 aromatic heterocycles. The van der Waals surface area contributed by atoms with E-state index >= 15 is 0 Å². The Bertz CT molecular complexity index is 330. The molecule has 0 fully saturated rings. The van der Waals surface area contributed by atoms with Crippen LogP contribution in [0, 0.1) is 0 Å². The molecule has 2 nitrogen and oxygen atoms in total. The first-order valence-corrected chi connectivity index (χ1v) is 6.14. The van der Waals surface area contributed by atoms with Gasteiger partial charge in [0.2, 0.25) is 0 Å². The van der Waals surface area contributed by atoms with Gasteiger partial charge >= 0.3 is 0 Å². The van der Waals surface area contributed by atoms with Gasteiger partial charge in [0.1, 0.15) is 0 Å². The second-order valence-electron chi connectivity index (χ2n) is 3.61. The van der Waals surface area contributed by atoms with Gasteiger partial charge in [-0.25, -0.2) is 0 Å². The third kappa shape index (κ3) is 3.68. The quantitative estimate of drug-likeness (QED) is 0.802. The number of benzene rings is 1. The van der Waals surface area contributed by atoms with Gasteiger partial charge in [-0.1, -0.05) is 31.5 Å². The van der Waals surface area contributed by atoms with Crippen LogP contribution >= 0.6 is 23.4 Å². The summed E-state index contributed by atoms with van der Waals surface area (Å²) in [5, 5.41) is 10.7. The highest BCUT2D eigenvalue weighted by Gasteiger charge is 2.09. The average molecular weight is 246 g/mol. The summed E-state index contributed by atoms with van der Waals surface area (Å²) in [6, 6.07) is 5.58. The molecule has 1 rings (SSSR count). The maximum atomic E-state index is 9.54. The number of thioether (sulfide) groups is 1. The molecule has 0 bridgehead atoms. The van der Waals surface area contributed by atoms with Crippen molar-refractivity contribution < 1.29 is 5.11 Å². The van der Waals surface area contributed by atoms with Gasteiger partial charge < -0.3 is 10.8 Å². The lowest BCUT2D eigenvalue weighted by atomic mass is 10.1. The fourth-order valence-electron chi connectivity index (χ4n) is 1.21. The van der Waals surface area contributed by atoms with Gasteiger partial charge in [-0.2, -0.15) is 0 Å². The highest BCUT2D eigenvalue weighted by molar-refractivity contribution is 8.00. The molecular weight excluding hydrogens is 230 g/mol. The molecule has 0 saturated heterocycles. The zero-order valence-electron chi connectivity index (χ0n) is 8.90. The van der Waals surface area contributed by atoms with Crippen molar-refractivity contribution in [3.05, 3.63) is 28.8 Å². The van der Waals surface area contributed by atoms with Gasteiger partial charge in [0.05, 0.1) is 11.1 Å². The Morgan fingerprint density at radius 2 is 2.13 bits per heavy atom. The molecule has 1 atom stereocenters. The lowest BCUT2D eigenvalue weighted by molar-refractivity contribution is 0.186. The number of nitrogens with two attached hydrogens (primary N) is 1. The third-order valence-electron chi connectivity index (χ3n) is 1.93. The van der Waals surface area contributed by atoms with Crippen molar-refractivity contribution in [3.63, 3.8) is 0 Å². The summed E-state index contributed by atoms with van der Waals surface area (Å²) < 4.78 is 0. The van der Waals surface area contributed by atoms with Crippen LogP contribution in [0.25, 0.3) is 0 Å². The van der Waals surface area contributed by atoms with E-state index in [0.29, 0.717) is 10.3 Å². The van der Waals surface area contributed by atoms with E-state index in [1.165, 1.54) is 0 Å². The molecule has 1 aromatic rings. The molecule has 0 saturated carbocycles. The Labute approximate surface area is 99.8 Å². The largest absolute Gasteiger partial charge is 0.387 e. The summed E-state index contributed by atoms with van der Waals surface area (Å²) in [5.41, 5.74) is 6.15. The Morgan fingerprint density at radius 1 is 1.47 bits per heavy atom. The van der Waals surface area contributed by atoms with Crippen molar-refractivity contribution in [2.45, 2.75) is 30.1 Å². The monoisotopic (exact) mass is 245 g/mol. The summed E-state index contributed by atoms with van der Waals surface area (Å²) >= 11 is 7.81. The van der Waals surface area contributed by atoms with Crippen LogP contribution in [0.15, 0.2) is 23.1 Å². The molecule has 0 amide bonds. The number of hydrogen-bond acceptors (Lipinski definition) is 3. The fourth-order valence-corrected chi connectivity index (χ4v) is 2.36. The second kappa shape index (κ2) is 5.75. The average Bonchev–Trinajstić information content (AvgIpc) is 2.19. The van der Waals surface area contributed by atoms with Crippen molar-refractivity contribution in [2.75, 3.05) is 6.54 Å². The Balaban J connectivity index is 2.88. The topological polar surface area (TPSA) is 46.2 Å². The predicted octanol–water partition coefficient (Wildman–Crippen LogP) is 2.83. The summed E-state index contributed by atoms with van der Waals surface area (Å²) in [5.74, 6) is 0. The van der Waals surface area contributed by atoms with Crippen molar-refractivity contribution in [1.29, 1.82) is 0 Å². The van der Waals surface area contributed by atoms with Crippen molar-refractivity contribution in [2.24, 2.45) is 5.73 Å². The lowest BCUT2D eigenvalue weighted by Gasteiger charge is -2.11. The smallest absolute Gasteiger partial charge is 0.0912 e.